The number of halogens is 2. The lowest BCUT2D eigenvalue weighted by atomic mass is 9.74. The lowest BCUT2D eigenvalue weighted by Gasteiger charge is -2.48. The van der Waals surface area contributed by atoms with Crippen LogP contribution in [0.2, 0.25) is 0 Å². The van der Waals surface area contributed by atoms with Crippen LogP contribution >= 0.6 is 24.8 Å². The number of ether oxygens (including phenoxy) is 1. The molecule has 1 saturated carbocycles. The minimum absolute atomic E-state index is 0. The van der Waals surface area contributed by atoms with Crippen LogP contribution in [-0.2, 0) is 9.53 Å². The van der Waals surface area contributed by atoms with E-state index in [-0.39, 0.29) is 47.7 Å². The Morgan fingerprint density at radius 1 is 1.08 bits per heavy atom. The molecule has 0 aromatic rings. The third kappa shape index (κ3) is 5.48. The fourth-order valence-electron chi connectivity index (χ4n) is 4.89. The SMILES string of the molecule is CC1(N)CCCCC1C(=O)NCC1(N2CCCCC2)CCOCC1.Cl.Cl. The van der Waals surface area contributed by atoms with E-state index in [1.165, 1.54) is 19.3 Å². The van der Waals surface area contributed by atoms with Crippen LogP contribution in [0.1, 0.15) is 64.7 Å². The molecule has 2 aliphatic heterocycles. The maximum Gasteiger partial charge on any atom is 0.225 e. The van der Waals surface area contributed by atoms with E-state index in [1.807, 2.05) is 6.92 Å². The number of carbonyl (C=O) groups excluding carboxylic acids is 1. The molecule has 5 nitrogen and oxygen atoms in total. The van der Waals surface area contributed by atoms with E-state index in [0.717, 1.165) is 71.4 Å². The van der Waals surface area contributed by atoms with Crippen LogP contribution in [0, 0.1) is 5.92 Å². The molecule has 0 aromatic carbocycles. The first-order valence-electron chi connectivity index (χ1n) is 9.93. The number of likely N-dealkylation sites (tertiary alicyclic amines) is 1. The average molecular weight is 410 g/mol. The van der Waals surface area contributed by atoms with Crippen molar-refractivity contribution in [3.05, 3.63) is 0 Å². The topological polar surface area (TPSA) is 67.6 Å². The molecule has 1 amide bonds. The van der Waals surface area contributed by atoms with Gasteiger partial charge in [0.25, 0.3) is 0 Å². The van der Waals surface area contributed by atoms with Gasteiger partial charge in [0.1, 0.15) is 0 Å². The summed E-state index contributed by atoms with van der Waals surface area (Å²) < 4.78 is 5.61. The van der Waals surface area contributed by atoms with Gasteiger partial charge in [-0.1, -0.05) is 19.3 Å². The van der Waals surface area contributed by atoms with Crippen LogP contribution < -0.4 is 11.1 Å². The Labute approximate surface area is 171 Å². The van der Waals surface area contributed by atoms with E-state index in [0.29, 0.717) is 0 Å². The Kier molecular flexibility index (Phi) is 9.65. The van der Waals surface area contributed by atoms with Crippen LogP contribution in [0.4, 0.5) is 0 Å². The Morgan fingerprint density at radius 2 is 1.73 bits per heavy atom. The molecule has 3 rings (SSSR count). The predicted octanol–water partition coefficient (Wildman–Crippen LogP) is 2.89. The maximum atomic E-state index is 12.8. The van der Waals surface area contributed by atoms with Gasteiger partial charge in [-0.15, -0.1) is 24.8 Å². The van der Waals surface area contributed by atoms with Crippen molar-refractivity contribution in [2.75, 3.05) is 32.8 Å². The second-order valence-electron chi connectivity index (χ2n) is 8.41. The molecule has 0 radical (unpaired) electrons. The van der Waals surface area contributed by atoms with Gasteiger partial charge in [-0.05, 0) is 58.5 Å². The third-order valence-corrected chi connectivity index (χ3v) is 6.61. The molecular formula is C19H37Cl2N3O2. The Hall–Kier alpha value is -0.0700. The quantitative estimate of drug-likeness (QED) is 0.748. The molecule has 0 aromatic heterocycles. The molecule has 1 aliphatic carbocycles. The molecule has 0 spiro atoms. The predicted molar refractivity (Wildman–Crippen MR) is 110 cm³/mol. The largest absolute Gasteiger partial charge is 0.381 e. The summed E-state index contributed by atoms with van der Waals surface area (Å²) in [4.78, 5) is 15.5. The Morgan fingerprint density at radius 3 is 2.35 bits per heavy atom. The lowest BCUT2D eigenvalue weighted by Crippen LogP contribution is -2.61. The number of hydrogen-bond donors (Lipinski definition) is 2. The highest BCUT2D eigenvalue weighted by atomic mass is 35.5. The standard InChI is InChI=1S/C19H35N3O2.2ClH/c1-18(20)8-4-3-7-16(18)17(23)21-15-19(9-13-24-14-10-19)22-11-5-2-6-12-22;;/h16H,2-15,20H2,1H3,(H,21,23);2*1H. The summed E-state index contributed by atoms with van der Waals surface area (Å²) in [6.45, 7) is 6.74. The van der Waals surface area contributed by atoms with E-state index in [9.17, 15) is 4.79 Å². The first-order valence-corrected chi connectivity index (χ1v) is 9.93. The second-order valence-corrected chi connectivity index (χ2v) is 8.41. The normalized spacial score (nSPS) is 32.0. The maximum absolute atomic E-state index is 12.8. The van der Waals surface area contributed by atoms with Gasteiger partial charge in [0.15, 0.2) is 0 Å². The summed E-state index contributed by atoms with van der Waals surface area (Å²) >= 11 is 0. The molecule has 3 aliphatic rings. The second kappa shape index (κ2) is 10.5. The fraction of sp³-hybridized carbons (Fsp3) is 0.947. The van der Waals surface area contributed by atoms with Crippen molar-refractivity contribution in [1.29, 1.82) is 0 Å². The minimum atomic E-state index is -0.351. The zero-order chi connectivity index (χ0) is 17.0. The van der Waals surface area contributed by atoms with Crippen molar-refractivity contribution in [2.45, 2.75) is 75.8 Å². The first-order chi connectivity index (χ1) is 11.5. The van der Waals surface area contributed by atoms with E-state index in [4.69, 9.17) is 10.5 Å². The molecule has 2 unspecified atom stereocenters. The lowest BCUT2D eigenvalue weighted by molar-refractivity contribution is -0.129. The number of carbonyl (C=O) groups is 1. The van der Waals surface area contributed by atoms with Crippen molar-refractivity contribution >= 4 is 30.7 Å². The van der Waals surface area contributed by atoms with Crippen LogP contribution in [0.25, 0.3) is 0 Å². The number of nitrogens with one attached hydrogen (secondary N) is 1. The smallest absolute Gasteiger partial charge is 0.225 e. The molecule has 154 valence electrons. The van der Waals surface area contributed by atoms with Crippen LogP contribution in [0.15, 0.2) is 0 Å². The van der Waals surface area contributed by atoms with Gasteiger partial charge in [-0.3, -0.25) is 9.69 Å². The number of amides is 1. The van der Waals surface area contributed by atoms with E-state index >= 15 is 0 Å². The van der Waals surface area contributed by atoms with Gasteiger partial charge < -0.3 is 15.8 Å². The Balaban J connectivity index is 0.00000169. The molecule has 7 heteroatoms. The number of rotatable bonds is 4. The minimum Gasteiger partial charge on any atom is -0.381 e. The van der Waals surface area contributed by atoms with Crippen LogP contribution in [-0.4, -0.2) is 54.7 Å². The van der Waals surface area contributed by atoms with E-state index in [1.54, 1.807) is 0 Å². The summed E-state index contributed by atoms with van der Waals surface area (Å²) in [6, 6.07) is 0. The highest BCUT2D eigenvalue weighted by Crippen LogP contribution is 2.33. The van der Waals surface area contributed by atoms with E-state index in [2.05, 4.69) is 10.2 Å². The number of piperidine rings is 1. The van der Waals surface area contributed by atoms with Crippen molar-refractivity contribution < 1.29 is 9.53 Å². The van der Waals surface area contributed by atoms with Gasteiger partial charge in [0.05, 0.1) is 5.92 Å². The summed E-state index contributed by atoms with van der Waals surface area (Å²) in [5.41, 5.74) is 6.16. The van der Waals surface area contributed by atoms with Gasteiger partial charge in [0, 0.05) is 30.8 Å². The monoisotopic (exact) mass is 409 g/mol. The van der Waals surface area contributed by atoms with E-state index < -0.39 is 0 Å². The molecule has 2 heterocycles. The van der Waals surface area contributed by atoms with Gasteiger partial charge >= 0.3 is 0 Å². The van der Waals surface area contributed by atoms with Gasteiger partial charge in [0.2, 0.25) is 5.91 Å². The summed E-state index contributed by atoms with van der Waals surface area (Å²) in [7, 11) is 0. The first kappa shape index (κ1) is 24.0. The summed E-state index contributed by atoms with van der Waals surface area (Å²) in [5, 5.41) is 3.30. The van der Waals surface area contributed by atoms with Crippen molar-refractivity contribution in [3.63, 3.8) is 0 Å². The summed E-state index contributed by atoms with van der Waals surface area (Å²) in [5.74, 6) is 0.132. The molecule has 0 bridgehead atoms. The molecule has 2 atom stereocenters. The van der Waals surface area contributed by atoms with Crippen LogP contribution in [0.5, 0.6) is 0 Å². The van der Waals surface area contributed by atoms with Crippen molar-refractivity contribution in [3.8, 4) is 0 Å². The van der Waals surface area contributed by atoms with Crippen molar-refractivity contribution in [1.82, 2.24) is 10.2 Å². The zero-order valence-corrected chi connectivity index (χ0v) is 17.8. The van der Waals surface area contributed by atoms with Gasteiger partial charge in [-0.2, -0.15) is 0 Å². The van der Waals surface area contributed by atoms with Crippen molar-refractivity contribution in [2.24, 2.45) is 11.7 Å². The highest BCUT2D eigenvalue weighted by Gasteiger charge is 2.42. The summed E-state index contributed by atoms with van der Waals surface area (Å²) in [6.07, 6.45) is 10.1. The molecular weight excluding hydrogens is 373 g/mol. The molecule has 26 heavy (non-hydrogen) atoms. The highest BCUT2D eigenvalue weighted by molar-refractivity contribution is 5.85. The molecule has 2 saturated heterocycles. The third-order valence-electron chi connectivity index (χ3n) is 6.61. The fourth-order valence-corrected chi connectivity index (χ4v) is 4.89. The molecule has 3 fully saturated rings. The number of nitrogens with zero attached hydrogens (tertiary/aromatic N) is 1. The zero-order valence-electron chi connectivity index (χ0n) is 16.1. The van der Waals surface area contributed by atoms with Crippen LogP contribution in [0.3, 0.4) is 0 Å². The number of nitrogens with two attached hydrogens (primary N) is 1. The average Bonchev–Trinajstić information content (AvgIpc) is 2.61. The molecule has 3 N–H and O–H groups in total. The van der Waals surface area contributed by atoms with Gasteiger partial charge in [-0.25, -0.2) is 0 Å². The Bertz CT molecular complexity index is 437. The number of hydrogen-bond acceptors (Lipinski definition) is 4.